The van der Waals surface area contributed by atoms with Crippen LogP contribution in [0.1, 0.15) is 12.8 Å². The average Bonchev–Trinajstić information content (AvgIpc) is 2.76. The first-order valence-corrected chi connectivity index (χ1v) is 5.99. The van der Waals surface area contributed by atoms with Crippen LogP contribution in [0, 0.1) is 5.82 Å². The van der Waals surface area contributed by atoms with Gasteiger partial charge in [0.15, 0.2) is 0 Å². The highest BCUT2D eigenvalue weighted by molar-refractivity contribution is 5.76. The van der Waals surface area contributed by atoms with E-state index in [0.717, 1.165) is 0 Å². The van der Waals surface area contributed by atoms with Crippen molar-refractivity contribution in [3.8, 4) is 5.75 Å². The first-order valence-electron chi connectivity index (χ1n) is 5.99. The van der Waals surface area contributed by atoms with Crippen LogP contribution in [-0.2, 0) is 4.79 Å². The molecule has 18 heavy (non-hydrogen) atoms. The molecule has 1 N–H and O–H groups in total. The molecule has 1 amide bonds. The van der Waals surface area contributed by atoms with Gasteiger partial charge in [-0.05, 0) is 18.6 Å². The fourth-order valence-corrected chi connectivity index (χ4v) is 1.94. The minimum atomic E-state index is -0.405. The minimum absolute atomic E-state index is 0.0389. The molecule has 1 aromatic carbocycles. The summed E-state index contributed by atoms with van der Waals surface area (Å²) in [6, 6.07) is 5.82. The average molecular weight is 253 g/mol. The molecule has 0 bridgehead atoms. The summed E-state index contributed by atoms with van der Waals surface area (Å²) in [5, 5.41) is 9.32. The Morgan fingerprint density at radius 3 is 3.06 bits per heavy atom. The fraction of sp³-hybridized carbons (Fsp3) is 0.462. The second-order valence-electron chi connectivity index (χ2n) is 4.34. The van der Waals surface area contributed by atoms with Crippen LogP contribution in [0.3, 0.4) is 0 Å². The molecule has 1 unspecified atom stereocenters. The van der Waals surface area contributed by atoms with Gasteiger partial charge in [-0.2, -0.15) is 0 Å². The van der Waals surface area contributed by atoms with Gasteiger partial charge in [-0.3, -0.25) is 4.79 Å². The number of amides is 1. The molecule has 5 heteroatoms. The SMILES string of the molecule is O=C(CCOc1cccc(F)c1)N1CCC(O)C1. The van der Waals surface area contributed by atoms with Crippen LogP contribution in [0.25, 0.3) is 0 Å². The van der Waals surface area contributed by atoms with Crippen molar-refractivity contribution in [3.05, 3.63) is 30.1 Å². The maximum atomic E-state index is 12.9. The van der Waals surface area contributed by atoms with Gasteiger partial charge < -0.3 is 14.7 Å². The molecule has 0 radical (unpaired) electrons. The van der Waals surface area contributed by atoms with Gasteiger partial charge in [0.2, 0.25) is 5.91 Å². The molecule has 98 valence electrons. The highest BCUT2D eigenvalue weighted by atomic mass is 19.1. The van der Waals surface area contributed by atoms with E-state index in [-0.39, 0.29) is 24.8 Å². The van der Waals surface area contributed by atoms with E-state index in [9.17, 15) is 14.3 Å². The van der Waals surface area contributed by atoms with Crippen molar-refractivity contribution < 1.29 is 19.0 Å². The third kappa shape index (κ3) is 3.43. The van der Waals surface area contributed by atoms with Crippen LogP contribution >= 0.6 is 0 Å². The van der Waals surface area contributed by atoms with Crippen LogP contribution in [0.5, 0.6) is 5.75 Å². The monoisotopic (exact) mass is 253 g/mol. The van der Waals surface area contributed by atoms with Crippen LogP contribution < -0.4 is 4.74 Å². The highest BCUT2D eigenvalue weighted by Gasteiger charge is 2.23. The molecule has 2 rings (SSSR count). The van der Waals surface area contributed by atoms with E-state index < -0.39 is 6.10 Å². The van der Waals surface area contributed by atoms with Crippen molar-refractivity contribution >= 4 is 5.91 Å². The Labute approximate surface area is 105 Å². The van der Waals surface area contributed by atoms with Crippen LogP contribution in [0.2, 0.25) is 0 Å². The normalized spacial score (nSPS) is 19.0. The lowest BCUT2D eigenvalue weighted by molar-refractivity contribution is -0.131. The number of halogens is 1. The van der Waals surface area contributed by atoms with Crippen molar-refractivity contribution in [1.82, 2.24) is 4.90 Å². The minimum Gasteiger partial charge on any atom is -0.493 e. The van der Waals surface area contributed by atoms with Gasteiger partial charge in [0.05, 0.1) is 19.1 Å². The molecule has 1 fully saturated rings. The number of aliphatic hydroxyl groups is 1. The number of likely N-dealkylation sites (tertiary alicyclic amines) is 1. The Morgan fingerprint density at radius 2 is 2.39 bits per heavy atom. The Hall–Kier alpha value is -1.62. The molecule has 0 aromatic heterocycles. The number of β-amino-alcohol motifs (C(OH)–C–C–N with tert-alkyl or cyclic N) is 1. The van der Waals surface area contributed by atoms with Gasteiger partial charge >= 0.3 is 0 Å². The molecule has 1 aliphatic rings. The predicted octanol–water partition coefficient (Wildman–Crippen LogP) is 1.19. The van der Waals surface area contributed by atoms with Crippen LogP contribution in [-0.4, -0.2) is 41.7 Å². The first-order chi connectivity index (χ1) is 8.65. The summed E-state index contributed by atoms with van der Waals surface area (Å²) >= 11 is 0. The quantitative estimate of drug-likeness (QED) is 0.876. The number of carbonyl (C=O) groups is 1. The Balaban J connectivity index is 1.73. The molecular formula is C13H16FNO3. The second-order valence-corrected chi connectivity index (χ2v) is 4.34. The van der Waals surface area contributed by atoms with Crippen molar-refractivity contribution in [3.63, 3.8) is 0 Å². The number of hydrogen-bond acceptors (Lipinski definition) is 3. The summed E-state index contributed by atoms with van der Waals surface area (Å²) in [6.07, 6.45) is 0.470. The molecule has 1 aromatic rings. The molecule has 1 aliphatic heterocycles. The third-order valence-corrected chi connectivity index (χ3v) is 2.90. The van der Waals surface area contributed by atoms with Crippen molar-refractivity contribution in [2.75, 3.05) is 19.7 Å². The molecule has 0 aliphatic carbocycles. The third-order valence-electron chi connectivity index (χ3n) is 2.90. The number of benzene rings is 1. The maximum Gasteiger partial charge on any atom is 0.226 e. The van der Waals surface area contributed by atoms with E-state index in [4.69, 9.17) is 4.74 Å². The number of rotatable bonds is 4. The van der Waals surface area contributed by atoms with E-state index in [0.29, 0.717) is 25.3 Å². The van der Waals surface area contributed by atoms with E-state index in [1.54, 1.807) is 17.0 Å². The first kappa shape index (κ1) is 12.8. The lowest BCUT2D eigenvalue weighted by atomic mass is 10.3. The van der Waals surface area contributed by atoms with Crippen molar-refractivity contribution in [2.45, 2.75) is 18.9 Å². The smallest absolute Gasteiger partial charge is 0.226 e. The molecule has 1 heterocycles. The van der Waals surface area contributed by atoms with Gasteiger partial charge in [-0.25, -0.2) is 4.39 Å². The zero-order valence-electron chi connectivity index (χ0n) is 10.0. The number of hydrogen-bond donors (Lipinski definition) is 1. The molecular weight excluding hydrogens is 237 g/mol. The molecule has 0 saturated carbocycles. The highest BCUT2D eigenvalue weighted by Crippen LogP contribution is 2.13. The summed E-state index contributed by atoms with van der Waals surface area (Å²) in [5.41, 5.74) is 0. The zero-order chi connectivity index (χ0) is 13.0. The Morgan fingerprint density at radius 1 is 1.56 bits per heavy atom. The van der Waals surface area contributed by atoms with Gasteiger partial charge in [0.25, 0.3) is 0 Å². The number of ether oxygens (including phenoxy) is 1. The van der Waals surface area contributed by atoms with E-state index in [1.807, 2.05) is 0 Å². The summed E-state index contributed by atoms with van der Waals surface area (Å²) < 4.78 is 18.2. The van der Waals surface area contributed by atoms with Crippen molar-refractivity contribution in [1.29, 1.82) is 0 Å². The molecule has 1 atom stereocenters. The standard InChI is InChI=1S/C13H16FNO3/c14-10-2-1-3-12(8-10)18-7-5-13(17)15-6-4-11(16)9-15/h1-3,8,11,16H,4-7,9H2. The Kier molecular flexibility index (Phi) is 4.15. The largest absolute Gasteiger partial charge is 0.493 e. The summed E-state index contributed by atoms with van der Waals surface area (Å²) in [4.78, 5) is 13.3. The second kappa shape index (κ2) is 5.82. The van der Waals surface area contributed by atoms with Crippen molar-refractivity contribution in [2.24, 2.45) is 0 Å². The predicted molar refractivity (Wildman–Crippen MR) is 63.7 cm³/mol. The van der Waals surface area contributed by atoms with Gasteiger partial charge in [-0.1, -0.05) is 6.07 Å². The van der Waals surface area contributed by atoms with E-state index in [1.165, 1.54) is 12.1 Å². The van der Waals surface area contributed by atoms with Gasteiger partial charge in [-0.15, -0.1) is 0 Å². The summed E-state index contributed by atoms with van der Waals surface area (Å²) in [5.74, 6) is 0.0219. The maximum absolute atomic E-state index is 12.9. The number of aliphatic hydroxyl groups excluding tert-OH is 1. The van der Waals surface area contributed by atoms with E-state index in [2.05, 4.69) is 0 Å². The fourth-order valence-electron chi connectivity index (χ4n) is 1.94. The Bertz CT molecular complexity index is 424. The van der Waals surface area contributed by atoms with E-state index >= 15 is 0 Å². The summed E-state index contributed by atoms with van der Waals surface area (Å²) in [7, 11) is 0. The van der Waals surface area contributed by atoms with Gasteiger partial charge in [0.1, 0.15) is 11.6 Å². The number of nitrogens with zero attached hydrogens (tertiary/aromatic N) is 1. The van der Waals surface area contributed by atoms with Crippen LogP contribution in [0.4, 0.5) is 4.39 Å². The zero-order valence-corrected chi connectivity index (χ0v) is 10.0. The summed E-state index contributed by atoms with van der Waals surface area (Å²) in [6.45, 7) is 1.22. The number of carbonyl (C=O) groups excluding carboxylic acids is 1. The molecule has 1 saturated heterocycles. The molecule has 0 spiro atoms. The topological polar surface area (TPSA) is 49.8 Å². The lowest BCUT2D eigenvalue weighted by Crippen LogP contribution is -2.30. The van der Waals surface area contributed by atoms with Gasteiger partial charge in [0, 0.05) is 19.2 Å². The molecule has 4 nitrogen and oxygen atoms in total. The van der Waals surface area contributed by atoms with Crippen LogP contribution in [0.15, 0.2) is 24.3 Å². The lowest BCUT2D eigenvalue weighted by Gasteiger charge is -2.15.